The maximum atomic E-state index is 11.6. The van der Waals surface area contributed by atoms with Crippen LogP contribution in [-0.4, -0.2) is 25.9 Å². The van der Waals surface area contributed by atoms with E-state index in [2.05, 4.69) is 5.32 Å². The van der Waals surface area contributed by atoms with Crippen molar-refractivity contribution in [3.05, 3.63) is 29.8 Å². The molecule has 1 rings (SSSR count). The molecule has 0 spiro atoms. The zero-order valence-corrected chi connectivity index (χ0v) is 10.5. The summed E-state index contributed by atoms with van der Waals surface area (Å²) >= 11 is 0. The molecule has 0 saturated heterocycles. The maximum absolute atomic E-state index is 11.6. The Balaban J connectivity index is 2.39. The maximum Gasteiger partial charge on any atom is 0.226 e. The van der Waals surface area contributed by atoms with Crippen molar-refractivity contribution in [1.82, 2.24) is 5.32 Å². The Morgan fingerprint density at radius 1 is 1.41 bits per heavy atom. The molecule has 94 valence electrons. The van der Waals surface area contributed by atoms with E-state index < -0.39 is 0 Å². The molecule has 1 aromatic rings. The average Bonchev–Trinajstić information content (AvgIpc) is 2.28. The predicted octanol–water partition coefficient (Wildman–Crippen LogP) is 1.74. The van der Waals surface area contributed by atoms with Gasteiger partial charge in [0.15, 0.2) is 0 Å². The monoisotopic (exact) mass is 237 g/mol. The summed E-state index contributed by atoms with van der Waals surface area (Å²) in [6.45, 7) is 4.10. The van der Waals surface area contributed by atoms with Crippen molar-refractivity contribution in [3.63, 3.8) is 0 Å². The summed E-state index contributed by atoms with van der Waals surface area (Å²) in [7, 11) is 1.61. The Kier molecular flexibility index (Phi) is 5.49. The van der Waals surface area contributed by atoms with Gasteiger partial charge in [0.2, 0.25) is 5.91 Å². The largest absolute Gasteiger partial charge is 0.497 e. The van der Waals surface area contributed by atoms with Crippen LogP contribution < -0.4 is 10.1 Å². The highest BCUT2D eigenvalue weighted by Gasteiger charge is 2.04. The topological polar surface area (TPSA) is 47.6 Å². The summed E-state index contributed by atoms with van der Waals surface area (Å²) in [5, 5.41) is 2.70. The van der Waals surface area contributed by atoms with Gasteiger partial charge in [-0.25, -0.2) is 0 Å². The van der Waals surface area contributed by atoms with Crippen LogP contribution in [0.15, 0.2) is 24.3 Å². The Hall–Kier alpha value is -1.55. The van der Waals surface area contributed by atoms with Gasteiger partial charge in [0.25, 0.3) is 0 Å². The van der Waals surface area contributed by atoms with E-state index in [1.807, 2.05) is 38.1 Å². The molecule has 0 aliphatic carbocycles. The van der Waals surface area contributed by atoms with Crippen LogP contribution in [0.25, 0.3) is 0 Å². The fraction of sp³-hybridized carbons (Fsp3) is 0.462. The molecular weight excluding hydrogens is 218 g/mol. The number of benzene rings is 1. The number of methoxy groups -OCH3 is 1. The molecule has 0 saturated carbocycles. The zero-order chi connectivity index (χ0) is 12.7. The first-order valence-corrected chi connectivity index (χ1v) is 5.63. The smallest absolute Gasteiger partial charge is 0.226 e. The normalized spacial score (nSPS) is 10.4. The van der Waals surface area contributed by atoms with Gasteiger partial charge >= 0.3 is 0 Å². The van der Waals surface area contributed by atoms with Crippen LogP contribution in [0.1, 0.15) is 19.4 Å². The Morgan fingerprint density at radius 2 is 2.18 bits per heavy atom. The average molecular weight is 237 g/mol. The Bertz CT molecular complexity index is 363. The zero-order valence-electron chi connectivity index (χ0n) is 10.5. The molecule has 0 aliphatic rings. The van der Waals surface area contributed by atoms with E-state index >= 15 is 0 Å². The second-order valence-electron chi connectivity index (χ2n) is 3.99. The van der Waals surface area contributed by atoms with Gasteiger partial charge in [0.05, 0.1) is 19.6 Å². The standard InChI is InChI=1S/C13H19NO3/c1-10(2)17-9-14-13(15)8-11-5-4-6-12(7-11)16-3/h4-7,10H,8-9H2,1-3H3,(H,14,15). The number of nitrogens with one attached hydrogen (secondary N) is 1. The van der Waals surface area contributed by atoms with Gasteiger partial charge in [-0.3, -0.25) is 4.79 Å². The minimum absolute atomic E-state index is 0.0566. The van der Waals surface area contributed by atoms with Gasteiger partial charge in [-0.15, -0.1) is 0 Å². The molecule has 17 heavy (non-hydrogen) atoms. The molecule has 0 fully saturated rings. The van der Waals surface area contributed by atoms with Crippen molar-refractivity contribution in [2.45, 2.75) is 26.4 Å². The van der Waals surface area contributed by atoms with Gasteiger partial charge in [-0.05, 0) is 31.5 Å². The van der Waals surface area contributed by atoms with Gasteiger partial charge < -0.3 is 14.8 Å². The summed E-state index contributed by atoms with van der Waals surface area (Å²) in [5.41, 5.74) is 0.923. The third-order valence-corrected chi connectivity index (χ3v) is 2.18. The summed E-state index contributed by atoms with van der Waals surface area (Å²) in [5.74, 6) is 0.702. The van der Waals surface area contributed by atoms with Crippen molar-refractivity contribution in [3.8, 4) is 5.75 Å². The van der Waals surface area contributed by atoms with Crippen molar-refractivity contribution < 1.29 is 14.3 Å². The molecule has 0 aliphatic heterocycles. The first-order chi connectivity index (χ1) is 8.11. The minimum Gasteiger partial charge on any atom is -0.497 e. The lowest BCUT2D eigenvalue weighted by molar-refractivity contribution is -0.122. The van der Waals surface area contributed by atoms with Crippen LogP contribution in [0.2, 0.25) is 0 Å². The number of amides is 1. The third kappa shape index (κ3) is 5.36. The van der Waals surface area contributed by atoms with E-state index in [4.69, 9.17) is 9.47 Å². The van der Waals surface area contributed by atoms with Crippen molar-refractivity contribution in [2.75, 3.05) is 13.8 Å². The van der Waals surface area contributed by atoms with Crippen molar-refractivity contribution >= 4 is 5.91 Å². The molecular formula is C13H19NO3. The highest BCUT2D eigenvalue weighted by Crippen LogP contribution is 2.12. The first kappa shape index (κ1) is 13.5. The highest BCUT2D eigenvalue weighted by atomic mass is 16.5. The van der Waals surface area contributed by atoms with E-state index in [1.54, 1.807) is 7.11 Å². The minimum atomic E-state index is -0.0566. The summed E-state index contributed by atoms with van der Waals surface area (Å²) in [4.78, 5) is 11.6. The summed E-state index contributed by atoms with van der Waals surface area (Å²) in [6.07, 6.45) is 0.450. The lowest BCUT2D eigenvalue weighted by Gasteiger charge is -2.09. The molecule has 1 amide bonds. The fourth-order valence-electron chi connectivity index (χ4n) is 1.32. The predicted molar refractivity (Wildman–Crippen MR) is 65.9 cm³/mol. The number of rotatable bonds is 6. The number of carbonyl (C=O) groups is 1. The lowest BCUT2D eigenvalue weighted by Crippen LogP contribution is -2.28. The molecule has 0 radical (unpaired) electrons. The molecule has 4 nitrogen and oxygen atoms in total. The van der Waals surface area contributed by atoms with E-state index in [0.717, 1.165) is 11.3 Å². The number of ether oxygens (including phenoxy) is 2. The summed E-state index contributed by atoms with van der Waals surface area (Å²) in [6, 6.07) is 7.46. The number of carbonyl (C=O) groups excluding carboxylic acids is 1. The molecule has 0 heterocycles. The Labute approximate surface area is 102 Å². The van der Waals surface area contributed by atoms with Crippen molar-refractivity contribution in [2.24, 2.45) is 0 Å². The molecule has 0 unspecified atom stereocenters. The van der Waals surface area contributed by atoms with E-state index in [-0.39, 0.29) is 18.7 Å². The van der Waals surface area contributed by atoms with E-state index in [0.29, 0.717) is 6.42 Å². The summed E-state index contributed by atoms with van der Waals surface area (Å²) < 4.78 is 10.3. The fourth-order valence-corrected chi connectivity index (χ4v) is 1.32. The van der Waals surface area contributed by atoms with Gasteiger partial charge in [-0.2, -0.15) is 0 Å². The highest BCUT2D eigenvalue weighted by molar-refractivity contribution is 5.78. The van der Waals surface area contributed by atoms with Crippen LogP contribution in [0.5, 0.6) is 5.75 Å². The van der Waals surface area contributed by atoms with Gasteiger partial charge in [0.1, 0.15) is 12.5 Å². The number of hydrogen-bond acceptors (Lipinski definition) is 3. The molecule has 4 heteroatoms. The lowest BCUT2D eigenvalue weighted by atomic mass is 10.1. The molecule has 1 aromatic carbocycles. The number of hydrogen-bond donors (Lipinski definition) is 1. The quantitative estimate of drug-likeness (QED) is 0.767. The van der Waals surface area contributed by atoms with E-state index in [1.165, 1.54) is 0 Å². The third-order valence-electron chi connectivity index (χ3n) is 2.18. The molecule has 0 aromatic heterocycles. The Morgan fingerprint density at radius 3 is 2.82 bits per heavy atom. The SMILES string of the molecule is COc1cccc(CC(=O)NCOC(C)C)c1. The van der Waals surface area contributed by atoms with Gasteiger partial charge in [0, 0.05) is 0 Å². The van der Waals surface area contributed by atoms with Crippen LogP contribution in [-0.2, 0) is 16.0 Å². The molecule has 0 atom stereocenters. The van der Waals surface area contributed by atoms with Crippen molar-refractivity contribution in [1.29, 1.82) is 0 Å². The van der Waals surface area contributed by atoms with Crippen LogP contribution in [0.4, 0.5) is 0 Å². The van der Waals surface area contributed by atoms with E-state index in [9.17, 15) is 4.79 Å². The van der Waals surface area contributed by atoms with Crippen LogP contribution >= 0.6 is 0 Å². The van der Waals surface area contributed by atoms with Crippen LogP contribution in [0, 0.1) is 0 Å². The second-order valence-corrected chi connectivity index (χ2v) is 3.99. The molecule has 0 bridgehead atoms. The van der Waals surface area contributed by atoms with Crippen LogP contribution in [0.3, 0.4) is 0 Å². The first-order valence-electron chi connectivity index (χ1n) is 5.63. The second kappa shape index (κ2) is 6.91. The molecule has 1 N–H and O–H groups in total. The van der Waals surface area contributed by atoms with Gasteiger partial charge in [-0.1, -0.05) is 12.1 Å².